The number of aliphatic carboxylic acids is 1. The summed E-state index contributed by atoms with van der Waals surface area (Å²) in [5.41, 5.74) is -0.661. The monoisotopic (exact) mass is 302 g/mol. The van der Waals surface area contributed by atoms with Gasteiger partial charge in [-0.2, -0.15) is 0 Å². The number of amides is 1. The third kappa shape index (κ3) is 4.07. The molecule has 10 nitrogen and oxygen atoms in total. The van der Waals surface area contributed by atoms with E-state index in [-0.39, 0.29) is 0 Å². The topological polar surface area (TPSA) is 163 Å². The second-order valence-corrected chi connectivity index (χ2v) is 4.23. The van der Waals surface area contributed by atoms with E-state index < -0.39 is 60.7 Å². The molecular formula is C11H14N2O8. The van der Waals surface area contributed by atoms with Gasteiger partial charge in [0, 0.05) is 0 Å². The smallest absolute Gasteiger partial charge is 0.361 e. The fourth-order valence-electron chi connectivity index (χ4n) is 1.45. The Bertz CT molecular complexity index is 500. The highest BCUT2D eigenvalue weighted by Crippen LogP contribution is 2.12. The number of rotatable bonds is 6. The molecule has 3 atom stereocenters. The van der Waals surface area contributed by atoms with E-state index in [1.165, 1.54) is 6.92 Å². The molecule has 0 aromatic heterocycles. The van der Waals surface area contributed by atoms with Crippen molar-refractivity contribution in [3.8, 4) is 0 Å². The highest BCUT2D eigenvalue weighted by atomic mass is 16.6. The van der Waals surface area contributed by atoms with Gasteiger partial charge < -0.3 is 25.4 Å². The number of cyclic esters (lactones) is 1. The maximum absolute atomic E-state index is 11.7. The maximum atomic E-state index is 11.7. The van der Waals surface area contributed by atoms with Gasteiger partial charge in [-0.1, -0.05) is 0 Å². The molecule has 10 heteroatoms. The van der Waals surface area contributed by atoms with Gasteiger partial charge in [0.1, 0.15) is 18.7 Å². The van der Waals surface area contributed by atoms with Crippen LogP contribution in [0.4, 0.5) is 0 Å². The number of Topliss-reactive ketones (excluding diaryl/α,β-unsaturated/α-hetero) is 1. The largest absolute Gasteiger partial charge is 0.480 e. The van der Waals surface area contributed by atoms with E-state index in [1.54, 1.807) is 0 Å². The van der Waals surface area contributed by atoms with Crippen molar-refractivity contribution >= 4 is 29.3 Å². The average molecular weight is 302 g/mol. The van der Waals surface area contributed by atoms with Gasteiger partial charge in [-0.15, -0.1) is 0 Å². The average Bonchev–Trinajstić information content (AvgIpc) is 2.70. The third-order valence-corrected chi connectivity index (χ3v) is 2.58. The van der Waals surface area contributed by atoms with Crippen LogP contribution >= 0.6 is 0 Å². The molecule has 1 fully saturated rings. The summed E-state index contributed by atoms with van der Waals surface area (Å²) in [6.07, 6.45) is -3.13. The normalized spacial score (nSPS) is 22.8. The van der Waals surface area contributed by atoms with E-state index in [9.17, 15) is 24.3 Å². The minimum Gasteiger partial charge on any atom is -0.480 e. The zero-order valence-corrected chi connectivity index (χ0v) is 11.0. The first-order valence-electron chi connectivity index (χ1n) is 5.88. The van der Waals surface area contributed by atoms with Gasteiger partial charge in [0.2, 0.25) is 11.7 Å². The molecule has 1 aliphatic heterocycles. The van der Waals surface area contributed by atoms with Crippen molar-refractivity contribution in [1.29, 1.82) is 0 Å². The lowest BCUT2D eigenvalue weighted by Crippen LogP contribution is -2.40. The second-order valence-electron chi connectivity index (χ2n) is 4.23. The molecular weight excluding hydrogens is 288 g/mol. The van der Waals surface area contributed by atoms with E-state index in [0.29, 0.717) is 0 Å². The first kappa shape index (κ1) is 16.7. The number of carboxylic acids is 1. The van der Waals surface area contributed by atoms with Crippen LogP contribution in [0.3, 0.4) is 0 Å². The first-order valence-corrected chi connectivity index (χ1v) is 5.88. The summed E-state index contributed by atoms with van der Waals surface area (Å²) in [5, 5.41) is 28.6. The molecule has 1 saturated heterocycles. The standard InChI is InChI=1S/C11H14N2O8/c1-4(10(18)19)13-6(16)2-12-7-8(17)9(5(15)3-14)21-11(7)20/h4-5,9,14-15H,2-3H2,1H3,(H,13,16)(H,18,19). The zero-order chi connectivity index (χ0) is 16.2. The van der Waals surface area contributed by atoms with Crippen LogP contribution in [0.2, 0.25) is 0 Å². The molecule has 1 rings (SSSR count). The number of carbonyl (C=O) groups is 4. The Balaban J connectivity index is 2.68. The molecule has 0 radical (unpaired) electrons. The number of carboxylic acid groups (broad SMARTS) is 1. The molecule has 0 aliphatic carbocycles. The number of ketones is 1. The van der Waals surface area contributed by atoms with Crippen molar-refractivity contribution in [3.05, 3.63) is 0 Å². The number of hydrogen-bond donors (Lipinski definition) is 4. The predicted molar refractivity (Wildman–Crippen MR) is 65.5 cm³/mol. The number of carbonyl (C=O) groups excluding carboxylic acids is 3. The van der Waals surface area contributed by atoms with Crippen LogP contribution in [-0.4, -0.2) is 76.1 Å². The summed E-state index contributed by atoms with van der Waals surface area (Å²) < 4.78 is 4.54. The van der Waals surface area contributed by atoms with Crippen molar-refractivity contribution in [2.24, 2.45) is 4.99 Å². The molecule has 116 valence electrons. The number of hydrogen-bond acceptors (Lipinski definition) is 8. The number of ether oxygens (including phenoxy) is 1. The Morgan fingerprint density at radius 2 is 2.05 bits per heavy atom. The number of nitrogens with one attached hydrogen (secondary N) is 1. The predicted octanol–water partition coefficient (Wildman–Crippen LogP) is -3.14. The lowest BCUT2D eigenvalue weighted by molar-refractivity contribution is -0.147. The third-order valence-electron chi connectivity index (χ3n) is 2.58. The van der Waals surface area contributed by atoms with Crippen molar-refractivity contribution in [1.82, 2.24) is 5.32 Å². The molecule has 1 aliphatic rings. The number of aliphatic imine (C=N–C) groups is 1. The SMILES string of the molecule is CC(NC(=O)CN=C1C(=O)OC(C(O)CO)C1=O)C(=O)O. The van der Waals surface area contributed by atoms with Gasteiger partial charge >= 0.3 is 11.9 Å². The van der Waals surface area contributed by atoms with Crippen LogP contribution in [0.15, 0.2) is 4.99 Å². The van der Waals surface area contributed by atoms with Crippen LogP contribution in [0, 0.1) is 0 Å². The molecule has 0 bridgehead atoms. The van der Waals surface area contributed by atoms with E-state index in [2.05, 4.69) is 15.0 Å². The van der Waals surface area contributed by atoms with Crippen molar-refractivity contribution in [3.63, 3.8) is 0 Å². The fraction of sp³-hybridized carbons (Fsp3) is 0.545. The molecule has 1 heterocycles. The molecule has 0 spiro atoms. The maximum Gasteiger partial charge on any atom is 0.361 e. The van der Waals surface area contributed by atoms with Crippen molar-refractivity contribution < 1.29 is 39.2 Å². The Hall–Kier alpha value is -2.33. The number of aliphatic hydroxyl groups excluding tert-OH is 2. The van der Waals surface area contributed by atoms with E-state index in [0.717, 1.165) is 0 Å². The molecule has 0 aromatic rings. The van der Waals surface area contributed by atoms with E-state index >= 15 is 0 Å². The lowest BCUT2D eigenvalue weighted by Gasteiger charge is -2.11. The zero-order valence-electron chi connectivity index (χ0n) is 11.0. The summed E-state index contributed by atoms with van der Waals surface area (Å²) in [6.45, 7) is -0.195. The van der Waals surface area contributed by atoms with Gasteiger partial charge in [-0.3, -0.25) is 19.4 Å². The van der Waals surface area contributed by atoms with Crippen molar-refractivity contribution in [2.75, 3.05) is 13.2 Å². The van der Waals surface area contributed by atoms with Crippen LogP contribution in [0.5, 0.6) is 0 Å². The molecule has 0 aromatic carbocycles. The fourth-order valence-corrected chi connectivity index (χ4v) is 1.45. The quantitative estimate of drug-likeness (QED) is 0.374. The Morgan fingerprint density at radius 3 is 2.57 bits per heavy atom. The molecule has 0 saturated carbocycles. The number of nitrogens with zero attached hydrogens (tertiary/aromatic N) is 1. The summed E-state index contributed by atoms with van der Waals surface area (Å²) >= 11 is 0. The van der Waals surface area contributed by atoms with Gasteiger partial charge in [0.25, 0.3) is 0 Å². The lowest BCUT2D eigenvalue weighted by atomic mass is 10.1. The van der Waals surface area contributed by atoms with Crippen LogP contribution in [0.1, 0.15) is 6.92 Å². The summed E-state index contributed by atoms with van der Waals surface area (Å²) in [4.78, 5) is 48.4. The molecule has 3 unspecified atom stereocenters. The van der Waals surface area contributed by atoms with Crippen LogP contribution < -0.4 is 5.32 Å². The minimum absolute atomic E-state index is 0.643. The van der Waals surface area contributed by atoms with Gasteiger partial charge in [0.05, 0.1) is 6.61 Å². The molecule has 4 N–H and O–H groups in total. The van der Waals surface area contributed by atoms with E-state index in [4.69, 9.17) is 10.2 Å². The Morgan fingerprint density at radius 1 is 1.43 bits per heavy atom. The minimum atomic E-state index is -1.57. The van der Waals surface area contributed by atoms with Crippen molar-refractivity contribution in [2.45, 2.75) is 25.2 Å². The summed E-state index contributed by atoms with van der Waals surface area (Å²) in [5.74, 6) is -4.11. The Labute approximate surface area is 118 Å². The van der Waals surface area contributed by atoms with Gasteiger partial charge in [-0.25, -0.2) is 4.79 Å². The van der Waals surface area contributed by atoms with Crippen LogP contribution in [0.25, 0.3) is 0 Å². The van der Waals surface area contributed by atoms with Crippen LogP contribution in [-0.2, 0) is 23.9 Å². The Kier molecular flexibility index (Phi) is 5.50. The number of aliphatic hydroxyl groups is 2. The van der Waals surface area contributed by atoms with Gasteiger partial charge in [-0.05, 0) is 6.92 Å². The van der Waals surface area contributed by atoms with E-state index in [1.807, 2.05) is 0 Å². The second kappa shape index (κ2) is 6.90. The number of esters is 1. The first-order chi connectivity index (χ1) is 9.77. The highest BCUT2D eigenvalue weighted by Gasteiger charge is 2.43. The molecule has 1 amide bonds. The summed E-state index contributed by atoms with van der Waals surface area (Å²) in [6, 6.07) is -1.15. The van der Waals surface area contributed by atoms with Gasteiger partial charge in [0.15, 0.2) is 11.8 Å². The molecule has 21 heavy (non-hydrogen) atoms. The summed E-state index contributed by atoms with van der Waals surface area (Å²) in [7, 11) is 0. The highest BCUT2D eigenvalue weighted by molar-refractivity contribution is 6.68.